The molecule has 0 fully saturated rings. The van der Waals surface area contributed by atoms with Crippen LogP contribution in [0.25, 0.3) is 0 Å². The second kappa shape index (κ2) is 12.5. The Labute approximate surface area is 125 Å². The van der Waals surface area contributed by atoms with Crippen LogP contribution in [-0.2, 0) is 9.09 Å². The summed E-state index contributed by atoms with van der Waals surface area (Å²) in [6.07, 6.45) is 16.0. The van der Waals surface area contributed by atoms with E-state index in [2.05, 4.69) is 5.92 Å². The first kappa shape index (κ1) is 19.7. The highest BCUT2D eigenvalue weighted by molar-refractivity contribution is 7.52. The predicted octanol–water partition coefficient (Wildman–Crippen LogP) is 5.13. The Hall–Kier alpha value is -0.290. The summed E-state index contributed by atoms with van der Waals surface area (Å²) in [6, 6.07) is 0. The molecule has 0 heterocycles. The Kier molecular flexibility index (Phi) is 12.3. The van der Waals surface area contributed by atoms with Crippen LogP contribution in [0.4, 0.5) is 0 Å². The van der Waals surface area contributed by atoms with Gasteiger partial charge in [-0.05, 0) is 26.2 Å². The van der Waals surface area contributed by atoms with Crippen molar-refractivity contribution < 1.29 is 14.0 Å². The summed E-state index contributed by atoms with van der Waals surface area (Å²) in [5, 5.41) is 0. The average Bonchev–Trinajstić information content (AvgIpc) is 2.40. The molecule has 1 N–H and O–H groups in total. The maximum absolute atomic E-state index is 11.7. The van der Waals surface area contributed by atoms with Gasteiger partial charge in [-0.1, -0.05) is 45.4 Å². The lowest BCUT2D eigenvalue weighted by molar-refractivity contribution is 0.185. The van der Waals surface area contributed by atoms with E-state index in [1.54, 1.807) is 0 Å². The van der Waals surface area contributed by atoms with Crippen molar-refractivity contribution in [3.05, 3.63) is 0 Å². The molecule has 0 aliphatic rings. The quantitative estimate of drug-likeness (QED) is 0.291. The zero-order valence-corrected chi connectivity index (χ0v) is 14.0. The minimum absolute atomic E-state index is 0.131. The third-order valence-electron chi connectivity index (χ3n) is 3.43. The van der Waals surface area contributed by atoms with Gasteiger partial charge in [0, 0.05) is 12.6 Å². The van der Waals surface area contributed by atoms with Crippen LogP contribution in [0.5, 0.6) is 0 Å². The van der Waals surface area contributed by atoms with Gasteiger partial charge in [-0.15, -0.1) is 12.3 Å². The number of hydrogen-bond donors (Lipinski definition) is 1. The van der Waals surface area contributed by atoms with Crippen molar-refractivity contribution in [3.63, 3.8) is 0 Å². The van der Waals surface area contributed by atoms with Crippen molar-refractivity contribution in [2.24, 2.45) is 0 Å². The third-order valence-corrected chi connectivity index (χ3v) is 5.00. The van der Waals surface area contributed by atoms with Crippen LogP contribution < -0.4 is 0 Å². The molecule has 0 aliphatic carbocycles. The fraction of sp³-hybridized carbons (Fsp3) is 0.875. The molecule has 3 nitrogen and oxygen atoms in total. The van der Waals surface area contributed by atoms with E-state index in [-0.39, 0.29) is 6.10 Å². The van der Waals surface area contributed by atoms with Crippen LogP contribution in [0, 0.1) is 12.3 Å². The van der Waals surface area contributed by atoms with Gasteiger partial charge in [-0.25, -0.2) is 0 Å². The summed E-state index contributed by atoms with van der Waals surface area (Å²) in [6.45, 7) is 3.79. The first-order valence-electron chi connectivity index (χ1n) is 7.95. The topological polar surface area (TPSA) is 46.5 Å². The lowest BCUT2D eigenvalue weighted by Gasteiger charge is -2.16. The molecular formula is C16H31O3P. The van der Waals surface area contributed by atoms with Gasteiger partial charge >= 0.3 is 7.60 Å². The van der Waals surface area contributed by atoms with Gasteiger partial charge in [0.2, 0.25) is 0 Å². The Morgan fingerprint density at radius 1 is 1.10 bits per heavy atom. The Balaban J connectivity index is 3.39. The van der Waals surface area contributed by atoms with Gasteiger partial charge < -0.3 is 9.42 Å². The van der Waals surface area contributed by atoms with Crippen molar-refractivity contribution in [1.82, 2.24) is 0 Å². The van der Waals surface area contributed by atoms with Crippen LogP contribution in [0.15, 0.2) is 0 Å². The summed E-state index contributed by atoms with van der Waals surface area (Å²) < 4.78 is 16.9. The lowest BCUT2D eigenvalue weighted by atomic mass is 10.1. The molecule has 0 saturated carbocycles. The standard InChI is InChI=1S/C16H31O3P/c1-4-6-7-8-9-10-11-12-13-14-15-20(17,18)19-16(3)5-2/h1,16H,5-15H2,2-3H3,(H,17,18). The third kappa shape index (κ3) is 12.7. The normalized spacial score (nSPS) is 15.5. The van der Waals surface area contributed by atoms with Crippen LogP contribution in [0.2, 0.25) is 0 Å². The minimum Gasteiger partial charge on any atom is -0.324 e. The van der Waals surface area contributed by atoms with Crippen molar-refractivity contribution >= 4 is 7.60 Å². The largest absolute Gasteiger partial charge is 0.328 e. The van der Waals surface area contributed by atoms with E-state index in [9.17, 15) is 9.46 Å². The van der Waals surface area contributed by atoms with E-state index < -0.39 is 7.60 Å². The molecule has 4 heteroatoms. The predicted molar refractivity (Wildman–Crippen MR) is 85.9 cm³/mol. The SMILES string of the molecule is C#CCCCCCCCCCCP(=O)(O)OC(C)CC. The zero-order chi connectivity index (χ0) is 15.3. The van der Waals surface area contributed by atoms with Crippen molar-refractivity contribution in [1.29, 1.82) is 0 Å². The van der Waals surface area contributed by atoms with Gasteiger partial charge in [-0.3, -0.25) is 4.57 Å². The van der Waals surface area contributed by atoms with Gasteiger partial charge in [0.05, 0.1) is 6.10 Å². The second-order valence-electron chi connectivity index (χ2n) is 5.47. The van der Waals surface area contributed by atoms with E-state index in [0.717, 1.165) is 38.5 Å². The molecule has 2 unspecified atom stereocenters. The highest BCUT2D eigenvalue weighted by Gasteiger charge is 2.20. The van der Waals surface area contributed by atoms with Crippen LogP contribution in [-0.4, -0.2) is 17.2 Å². The molecule has 0 rings (SSSR count). The molecular weight excluding hydrogens is 271 g/mol. The Bertz CT molecular complexity index is 309. The van der Waals surface area contributed by atoms with Crippen LogP contribution in [0.1, 0.15) is 78.1 Å². The highest BCUT2D eigenvalue weighted by atomic mass is 31.2. The number of unbranched alkanes of at least 4 members (excludes halogenated alkanes) is 8. The molecule has 0 aliphatic heterocycles. The van der Waals surface area contributed by atoms with Gasteiger partial charge in [0.15, 0.2) is 0 Å². The first-order valence-corrected chi connectivity index (χ1v) is 9.71. The van der Waals surface area contributed by atoms with E-state index in [4.69, 9.17) is 10.9 Å². The minimum atomic E-state index is -3.36. The van der Waals surface area contributed by atoms with Crippen molar-refractivity contribution in [2.45, 2.75) is 84.2 Å². The molecule has 0 saturated heterocycles. The first-order chi connectivity index (χ1) is 9.52. The second-order valence-corrected chi connectivity index (χ2v) is 7.40. The lowest BCUT2D eigenvalue weighted by Crippen LogP contribution is -2.06. The molecule has 0 aromatic heterocycles. The van der Waals surface area contributed by atoms with E-state index in [1.807, 2.05) is 13.8 Å². The smallest absolute Gasteiger partial charge is 0.324 e. The number of rotatable bonds is 13. The summed E-state index contributed by atoms with van der Waals surface area (Å²) in [4.78, 5) is 9.66. The fourth-order valence-electron chi connectivity index (χ4n) is 2.01. The van der Waals surface area contributed by atoms with Gasteiger partial charge in [-0.2, -0.15) is 0 Å². The fourth-order valence-corrected chi connectivity index (χ4v) is 3.45. The average molecular weight is 302 g/mol. The zero-order valence-electron chi connectivity index (χ0n) is 13.1. The van der Waals surface area contributed by atoms with E-state index in [1.165, 1.54) is 25.7 Å². The number of hydrogen-bond acceptors (Lipinski definition) is 2. The van der Waals surface area contributed by atoms with Crippen LogP contribution in [0.3, 0.4) is 0 Å². The van der Waals surface area contributed by atoms with Crippen molar-refractivity contribution in [2.75, 3.05) is 6.16 Å². The molecule has 0 radical (unpaired) electrons. The molecule has 0 amide bonds. The molecule has 0 aromatic carbocycles. The molecule has 20 heavy (non-hydrogen) atoms. The Morgan fingerprint density at radius 2 is 1.60 bits per heavy atom. The molecule has 0 aromatic rings. The molecule has 2 atom stereocenters. The van der Waals surface area contributed by atoms with E-state index >= 15 is 0 Å². The maximum atomic E-state index is 11.7. The number of terminal acetylenes is 1. The summed E-state index contributed by atoms with van der Waals surface area (Å²) in [5.41, 5.74) is 0. The van der Waals surface area contributed by atoms with Gasteiger partial charge in [0.25, 0.3) is 0 Å². The summed E-state index contributed by atoms with van der Waals surface area (Å²) >= 11 is 0. The molecule has 0 spiro atoms. The highest BCUT2D eigenvalue weighted by Crippen LogP contribution is 2.44. The molecule has 0 bridgehead atoms. The Morgan fingerprint density at radius 3 is 2.10 bits per heavy atom. The maximum Gasteiger partial charge on any atom is 0.328 e. The monoisotopic (exact) mass is 302 g/mol. The summed E-state index contributed by atoms with van der Waals surface area (Å²) in [7, 11) is -3.36. The van der Waals surface area contributed by atoms with Crippen LogP contribution >= 0.6 is 7.60 Å². The summed E-state index contributed by atoms with van der Waals surface area (Å²) in [5.74, 6) is 2.66. The van der Waals surface area contributed by atoms with Crippen molar-refractivity contribution in [3.8, 4) is 12.3 Å². The van der Waals surface area contributed by atoms with E-state index in [0.29, 0.717) is 6.16 Å². The van der Waals surface area contributed by atoms with Gasteiger partial charge in [0.1, 0.15) is 0 Å². The molecule has 118 valence electrons.